The van der Waals surface area contributed by atoms with Crippen LogP contribution in [0.3, 0.4) is 0 Å². The molecule has 72 valence electrons. The Kier molecular flexibility index (Phi) is 3.38. The first-order chi connectivity index (χ1) is 5.99. The minimum absolute atomic E-state index is 0.254. The first kappa shape index (κ1) is 10.6. The zero-order chi connectivity index (χ0) is 9.90. The molecule has 0 saturated heterocycles. The average molecular weight is 218 g/mol. The van der Waals surface area contributed by atoms with Gasteiger partial charge in [-0.2, -0.15) is 4.21 Å². The lowest BCUT2D eigenvalue weighted by molar-refractivity contribution is 0.432. The fourth-order valence-electron chi connectivity index (χ4n) is 0.962. The summed E-state index contributed by atoms with van der Waals surface area (Å²) >= 11 is 0. The van der Waals surface area contributed by atoms with Crippen molar-refractivity contribution in [1.82, 2.24) is 0 Å². The Morgan fingerprint density at radius 2 is 2.00 bits per heavy atom. The van der Waals surface area contributed by atoms with Crippen molar-refractivity contribution in [2.24, 2.45) is 0 Å². The van der Waals surface area contributed by atoms with Crippen LogP contribution in [-0.2, 0) is 19.4 Å². The van der Waals surface area contributed by atoms with E-state index in [0.29, 0.717) is 10.3 Å². The molecule has 0 saturated carbocycles. The summed E-state index contributed by atoms with van der Waals surface area (Å²) in [6, 6.07) is 9.16. The number of benzene rings is 1. The van der Waals surface area contributed by atoms with Crippen LogP contribution in [0.2, 0.25) is 0 Å². The molecule has 1 rings (SSSR count). The lowest BCUT2D eigenvalue weighted by atomic mass is 10.2. The predicted octanol–water partition coefficient (Wildman–Crippen LogP) is 1.63. The van der Waals surface area contributed by atoms with Crippen molar-refractivity contribution in [3.05, 3.63) is 35.9 Å². The van der Waals surface area contributed by atoms with E-state index in [0.717, 1.165) is 5.56 Å². The van der Waals surface area contributed by atoms with E-state index in [4.69, 9.17) is 4.55 Å². The quantitative estimate of drug-likeness (QED) is 0.767. The van der Waals surface area contributed by atoms with Gasteiger partial charge in [0.1, 0.15) is 0 Å². The van der Waals surface area contributed by atoms with Crippen molar-refractivity contribution in [3.63, 3.8) is 0 Å². The van der Waals surface area contributed by atoms with Gasteiger partial charge in [0.2, 0.25) is 5.25 Å². The van der Waals surface area contributed by atoms with Gasteiger partial charge in [0.05, 0.1) is 0 Å². The Bertz CT molecular complexity index is 372. The molecule has 1 aromatic carbocycles. The van der Waals surface area contributed by atoms with Crippen molar-refractivity contribution in [2.75, 3.05) is 0 Å². The molecule has 0 aliphatic rings. The van der Waals surface area contributed by atoms with Crippen LogP contribution < -0.4 is 0 Å². The summed E-state index contributed by atoms with van der Waals surface area (Å²) in [5.74, 6) is 0. The lowest BCUT2D eigenvalue weighted by Crippen LogP contribution is -2.01. The predicted molar refractivity (Wildman–Crippen MR) is 53.8 cm³/mol. The Labute approximate surface area is 81.1 Å². The van der Waals surface area contributed by atoms with Gasteiger partial charge >= 0.3 is 0 Å². The second-order valence-corrected chi connectivity index (χ2v) is 6.17. The number of hydrogen-bond acceptors (Lipinski definition) is 2. The Morgan fingerprint density at radius 1 is 1.46 bits per heavy atom. The summed E-state index contributed by atoms with van der Waals surface area (Å²) in [6.07, 6.45) is 0. The van der Waals surface area contributed by atoms with E-state index in [9.17, 15) is 8.76 Å². The maximum atomic E-state index is 10.5. The molecule has 2 unspecified atom stereocenters. The molecule has 0 bridgehead atoms. The minimum atomic E-state index is -3.95. The van der Waals surface area contributed by atoms with Crippen LogP contribution in [0.25, 0.3) is 0 Å². The third kappa shape index (κ3) is 3.82. The second kappa shape index (κ2) is 4.15. The van der Waals surface area contributed by atoms with Crippen molar-refractivity contribution in [1.29, 1.82) is 0 Å². The molecular formula is C8H10O3S2. The minimum Gasteiger partial charge on any atom is -0.712 e. The molecule has 0 heterocycles. The molecule has 3 nitrogen and oxygen atoms in total. The summed E-state index contributed by atoms with van der Waals surface area (Å²) < 4.78 is 29.7. The SMILES string of the molecule is CC([S+]=S(=O)([O-])O)c1ccccc1. The summed E-state index contributed by atoms with van der Waals surface area (Å²) in [7, 11) is -3.42. The van der Waals surface area contributed by atoms with Gasteiger partial charge in [-0.05, 0) is 6.92 Å². The van der Waals surface area contributed by atoms with E-state index in [1.807, 2.05) is 30.3 Å². The first-order valence-electron chi connectivity index (χ1n) is 3.69. The molecule has 2 atom stereocenters. The van der Waals surface area contributed by atoms with Gasteiger partial charge in [-0.25, -0.2) is 0 Å². The van der Waals surface area contributed by atoms with Crippen LogP contribution in [-0.4, -0.2) is 13.3 Å². The first-order valence-corrected chi connectivity index (χ1v) is 6.53. The monoisotopic (exact) mass is 218 g/mol. The fraction of sp³-hybridized carbons (Fsp3) is 0.250. The molecule has 0 radical (unpaired) electrons. The summed E-state index contributed by atoms with van der Waals surface area (Å²) in [5, 5.41) is -0.254. The van der Waals surface area contributed by atoms with Gasteiger partial charge in [-0.1, -0.05) is 30.3 Å². The van der Waals surface area contributed by atoms with E-state index in [-0.39, 0.29) is 5.25 Å². The molecule has 13 heavy (non-hydrogen) atoms. The van der Waals surface area contributed by atoms with Crippen molar-refractivity contribution >= 4 is 19.4 Å². The highest BCUT2D eigenvalue weighted by Crippen LogP contribution is 2.14. The van der Waals surface area contributed by atoms with E-state index in [2.05, 4.69) is 0 Å². The highest BCUT2D eigenvalue weighted by atomic mass is 32.9. The van der Waals surface area contributed by atoms with Crippen LogP contribution >= 0.6 is 0 Å². The van der Waals surface area contributed by atoms with Gasteiger partial charge in [-0.3, -0.25) is 4.55 Å². The molecule has 0 fully saturated rings. The van der Waals surface area contributed by atoms with Crippen molar-refractivity contribution in [3.8, 4) is 0 Å². The summed E-state index contributed by atoms with van der Waals surface area (Å²) in [4.78, 5) is 0. The smallest absolute Gasteiger partial charge is 0.260 e. The molecule has 0 aliphatic heterocycles. The van der Waals surface area contributed by atoms with Crippen LogP contribution in [0.1, 0.15) is 17.7 Å². The second-order valence-electron chi connectivity index (χ2n) is 2.58. The zero-order valence-electron chi connectivity index (χ0n) is 7.04. The third-order valence-electron chi connectivity index (χ3n) is 1.53. The van der Waals surface area contributed by atoms with Crippen LogP contribution in [0.5, 0.6) is 0 Å². The number of hydrogen-bond donors (Lipinski definition) is 1. The van der Waals surface area contributed by atoms with Crippen molar-refractivity contribution < 1.29 is 13.3 Å². The van der Waals surface area contributed by atoms with Crippen LogP contribution in [0, 0.1) is 0 Å². The molecule has 1 aromatic rings. The van der Waals surface area contributed by atoms with Gasteiger partial charge in [0.15, 0.2) is 0 Å². The summed E-state index contributed by atoms with van der Waals surface area (Å²) in [5.41, 5.74) is 0.880. The average Bonchev–Trinajstić information content (AvgIpc) is 2.03. The van der Waals surface area contributed by atoms with E-state index in [1.54, 1.807) is 6.92 Å². The highest BCUT2D eigenvalue weighted by molar-refractivity contribution is 8.34. The van der Waals surface area contributed by atoms with Gasteiger partial charge in [0.25, 0.3) is 19.4 Å². The largest absolute Gasteiger partial charge is 0.712 e. The molecular weight excluding hydrogens is 208 g/mol. The maximum Gasteiger partial charge on any atom is 0.260 e. The lowest BCUT2D eigenvalue weighted by Gasteiger charge is -1.98. The molecule has 5 heteroatoms. The van der Waals surface area contributed by atoms with Gasteiger partial charge in [0, 0.05) is 5.56 Å². The highest BCUT2D eigenvalue weighted by Gasteiger charge is 2.15. The van der Waals surface area contributed by atoms with Crippen LogP contribution in [0.4, 0.5) is 0 Å². The normalized spacial score (nSPS) is 17.5. The molecule has 0 spiro atoms. The van der Waals surface area contributed by atoms with E-state index in [1.165, 1.54) is 0 Å². The fourth-order valence-corrected chi connectivity index (χ4v) is 3.02. The molecule has 0 amide bonds. The van der Waals surface area contributed by atoms with Crippen molar-refractivity contribution in [2.45, 2.75) is 12.2 Å². The maximum absolute atomic E-state index is 10.5. The Balaban J connectivity index is 2.94. The summed E-state index contributed by atoms with van der Waals surface area (Å²) in [6.45, 7) is 1.73. The number of rotatable bonds is 2. The zero-order valence-corrected chi connectivity index (χ0v) is 8.68. The van der Waals surface area contributed by atoms with Gasteiger partial charge in [-0.15, -0.1) is 0 Å². The van der Waals surface area contributed by atoms with E-state index >= 15 is 0 Å². The standard InChI is InChI=1S/C8H10O3S2/c1-7(12-13(9,10)11)8-5-3-2-4-6-8/h2-7H,1H3,(H-,9,10,11). The third-order valence-corrected chi connectivity index (χ3v) is 3.93. The van der Waals surface area contributed by atoms with Gasteiger partial charge < -0.3 is 4.55 Å². The van der Waals surface area contributed by atoms with Crippen LogP contribution in [0.15, 0.2) is 30.3 Å². The molecule has 0 aromatic heterocycles. The van der Waals surface area contributed by atoms with E-state index < -0.39 is 9.05 Å². The topological polar surface area (TPSA) is 60.4 Å². The Morgan fingerprint density at radius 3 is 2.46 bits per heavy atom. The molecule has 1 N–H and O–H groups in total. The Hall–Kier alpha value is -0.490. The molecule has 0 aliphatic carbocycles.